The summed E-state index contributed by atoms with van der Waals surface area (Å²) in [4.78, 5) is 0.273. The van der Waals surface area contributed by atoms with Crippen LogP contribution in [0.15, 0.2) is 53.4 Å². The molecule has 25 heavy (non-hydrogen) atoms. The number of benzene rings is 2. The molecular formula is C18H23N3O2S2. The van der Waals surface area contributed by atoms with E-state index in [1.165, 1.54) is 24.0 Å². The molecule has 7 heteroatoms. The standard InChI is InChI=1S/C18H23N3O2S2/c1-14-9-10-16(13-17(14)25(22,23)21(2)3)20-18(24)19-12-11-15-7-5-4-6-8-15/h4-10,13H,11-12H2,1-3H3,(H2,19,20,24). The molecule has 2 N–H and O–H groups in total. The van der Waals surface area contributed by atoms with Crippen LogP contribution < -0.4 is 10.6 Å². The summed E-state index contributed by atoms with van der Waals surface area (Å²) in [6.45, 7) is 2.47. The summed E-state index contributed by atoms with van der Waals surface area (Å²) < 4.78 is 25.9. The van der Waals surface area contributed by atoms with Gasteiger partial charge in [0.05, 0.1) is 4.90 Å². The number of hydrogen-bond donors (Lipinski definition) is 2. The molecule has 0 atom stereocenters. The Hall–Kier alpha value is -1.96. The molecule has 134 valence electrons. The lowest BCUT2D eigenvalue weighted by atomic mass is 10.1. The summed E-state index contributed by atoms with van der Waals surface area (Å²) in [5.41, 5.74) is 2.57. The zero-order chi connectivity index (χ0) is 18.4. The second-order valence-electron chi connectivity index (χ2n) is 5.88. The van der Waals surface area contributed by atoms with Crippen molar-refractivity contribution in [2.24, 2.45) is 0 Å². The maximum absolute atomic E-state index is 12.4. The fraction of sp³-hybridized carbons (Fsp3) is 0.278. The van der Waals surface area contributed by atoms with Crippen molar-refractivity contribution in [1.82, 2.24) is 9.62 Å². The Kier molecular flexibility index (Phi) is 6.52. The minimum absolute atomic E-state index is 0.273. The van der Waals surface area contributed by atoms with E-state index < -0.39 is 10.0 Å². The van der Waals surface area contributed by atoms with Gasteiger partial charge in [-0.1, -0.05) is 36.4 Å². The van der Waals surface area contributed by atoms with Gasteiger partial charge < -0.3 is 10.6 Å². The van der Waals surface area contributed by atoms with Gasteiger partial charge in [0.1, 0.15) is 0 Å². The monoisotopic (exact) mass is 377 g/mol. The van der Waals surface area contributed by atoms with Crippen LogP contribution in [0.3, 0.4) is 0 Å². The van der Waals surface area contributed by atoms with Crippen LogP contribution in [0.5, 0.6) is 0 Å². The van der Waals surface area contributed by atoms with E-state index in [1.54, 1.807) is 19.1 Å². The highest BCUT2D eigenvalue weighted by Gasteiger charge is 2.20. The minimum atomic E-state index is -3.49. The van der Waals surface area contributed by atoms with E-state index in [1.807, 2.05) is 24.3 Å². The third-order valence-electron chi connectivity index (χ3n) is 3.75. The van der Waals surface area contributed by atoms with E-state index >= 15 is 0 Å². The number of nitrogens with one attached hydrogen (secondary N) is 2. The van der Waals surface area contributed by atoms with Crippen molar-refractivity contribution < 1.29 is 8.42 Å². The van der Waals surface area contributed by atoms with Gasteiger partial charge in [0.2, 0.25) is 10.0 Å². The second kappa shape index (κ2) is 8.42. The molecule has 0 bridgehead atoms. The highest BCUT2D eigenvalue weighted by Crippen LogP contribution is 2.22. The molecule has 0 aromatic heterocycles. The number of rotatable bonds is 6. The van der Waals surface area contributed by atoms with Crippen LogP contribution in [-0.2, 0) is 16.4 Å². The zero-order valence-electron chi connectivity index (χ0n) is 14.6. The normalized spacial score (nSPS) is 11.4. The maximum atomic E-state index is 12.4. The highest BCUT2D eigenvalue weighted by molar-refractivity contribution is 7.89. The molecule has 0 radical (unpaired) electrons. The van der Waals surface area contributed by atoms with Crippen molar-refractivity contribution >= 4 is 33.0 Å². The number of aryl methyl sites for hydroxylation is 1. The summed E-state index contributed by atoms with van der Waals surface area (Å²) in [5.74, 6) is 0. The third-order valence-corrected chi connectivity index (χ3v) is 5.95. The van der Waals surface area contributed by atoms with Crippen LogP contribution in [0.25, 0.3) is 0 Å². The molecule has 0 fully saturated rings. The van der Waals surface area contributed by atoms with Gasteiger partial charge in [-0.3, -0.25) is 0 Å². The molecule has 0 saturated heterocycles. The Morgan fingerprint density at radius 3 is 2.44 bits per heavy atom. The van der Waals surface area contributed by atoms with Crippen LogP contribution >= 0.6 is 12.2 Å². The van der Waals surface area contributed by atoms with E-state index in [-0.39, 0.29) is 4.90 Å². The minimum Gasteiger partial charge on any atom is -0.362 e. The lowest BCUT2D eigenvalue weighted by molar-refractivity contribution is 0.520. The van der Waals surface area contributed by atoms with E-state index in [2.05, 4.69) is 22.8 Å². The summed E-state index contributed by atoms with van der Waals surface area (Å²) in [6.07, 6.45) is 0.858. The number of anilines is 1. The number of hydrogen-bond acceptors (Lipinski definition) is 3. The van der Waals surface area contributed by atoms with Gasteiger partial charge in [-0.25, -0.2) is 12.7 Å². The topological polar surface area (TPSA) is 61.4 Å². The largest absolute Gasteiger partial charge is 0.362 e. The summed E-state index contributed by atoms with van der Waals surface area (Å²) in [5, 5.41) is 6.65. The summed E-state index contributed by atoms with van der Waals surface area (Å²) in [7, 11) is -0.452. The van der Waals surface area contributed by atoms with Crippen molar-refractivity contribution in [3.8, 4) is 0 Å². The summed E-state index contributed by atoms with van der Waals surface area (Å²) in [6, 6.07) is 15.3. The van der Waals surface area contributed by atoms with E-state index in [0.717, 1.165) is 6.42 Å². The fourth-order valence-electron chi connectivity index (χ4n) is 2.29. The van der Waals surface area contributed by atoms with Gasteiger partial charge in [0.15, 0.2) is 5.11 Å². The average Bonchev–Trinajstić information content (AvgIpc) is 2.57. The molecule has 0 spiro atoms. The van der Waals surface area contributed by atoms with Crippen LogP contribution in [0, 0.1) is 6.92 Å². The SMILES string of the molecule is Cc1ccc(NC(=S)NCCc2ccccc2)cc1S(=O)(=O)N(C)C. The molecule has 0 amide bonds. The number of thiocarbonyl (C=S) groups is 1. The Balaban J connectivity index is 1.99. The molecule has 0 heterocycles. The lowest BCUT2D eigenvalue weighted by Gasteiger charge is -2.16. The Labute approximate surface area is 155 Å². The van der Waals surface area contributed by atoms with E-state index in [9.17, 15) is 8.42 Å². The van der Waals surface area contributed by atoms with Crippen LogP contribution in [0.4, 0.5) is 5.69 Å². The number of nitrogens with zero attached hydrogens (tertiary/aromatic N) is 1. The second-order valence-corrected chi connectivity index (χ2v) is 8.41. The van der Waals surface area contributed by atoms with Gasteiger partial charge in [-0.15, -0.1) is 0 Å². The smallest absolute Gasteiger partial charge is 0.242 e. The first-order chi connectivity index (χ1) is 11.8. The number of sulfonamides is 1. The lowest BCUT2D eigenvalue weighted by Crippen LogP contribution is -2.30. The van der Waals surface area contributed by atoms with Crippen molar-refractivity contribution in [2.45, 2.75) is 18.2 Å². The van der Waals surface area contributed by atoms with Gasteiger partial charge >= 0.3 is 0 Å². The molecule has 5 nitrogen and oxygen atoms in total. The molecule has 0 aliphatic rings. The van der Waals surface area contributed by atoms with Gasteiger partial charge in [-0.2, -0.15) is 0 Å². The van der Waals surface area contributed by atoms with E-state index in [0.29, 0.717) is 22.9 Å². The van der Waals surface area contributed by atoms with Crippen LogP contribution in [0.1, 0.15) is 11.1 Å². The third kappa shape index (κ3) is 5.26. The quantitative estimate of drug-likeness (QED) is 0.758. The first kappa shape index (κ1) is 19.4. The van der Waals surface area contributed by atoms with Crippen molar-refractivity contribution in [3.05, 3.63) is 59.7 Å². The molecule has 0 saturated carbocycles. The van der Waals surface area contributed by atoms with Gasteiger partial charge in [0.25, 0.3) is 0 Å². The molecule has 0 unspecified atom stereocenters. The van der Waals surface area contributed by atoms with Crippen LogP contribution in [0.2, 0.25) is 0 Å². The van der Waals surface area contributed by atoms with Crippen molar-refractivity contribution in [3.63, 3.8) is 0 Å². The van der Waals surface area contributed by atoms with Crippen molar-refractivity contribution in [2.75, 3.05) is 26.0 Å². The molecular weight excluding hydrogens is 354 g/mol. The van der Waals surface area contributed by atoms with Crippen LogP contribution in [-0.4, -0.2) is 38.5 Å². The molecule has 2 aromatic rings. The predicted octanol–water partition coefficient (Wildman–Crippen LogP) is 2.77. The fourth-order valence-corrected chi connectivity index (χ4v) is 3.66. The Bertz CT molecular complexity index is 835. The van der Waals surface area contributed by atoms with Crippen molar-refractivity contribution in [1.29, 1.82) is 0 Å². The molecule has 2 aromatic carbocycles. The average molecular weight is 378 g/mol. The molecule has 2 rings (SSSR count). The first-order valence-electron chi connectivity index (χ1n) is 7.92. The Morgan fingerprint density at radius 1 is 1.12 bits per heavy atom. The molecule has 0 aliphatic heterocycles. The molecule has 0 aliphatic carbocycles. The van der Waals surface area contributed by atoms with E-state index in [4.69, 9.17) is 12.2 Å². The highest BCUT2D eigenvalue weighted by atomic mass is 32.2. The maximum Gasteiger partial charge on any atom is 0.242 e. The van der Waals surface area contributed by atoms with Gasteiger partial charge in [0, 0.05) is 26.3 Å². The predicted molar refractivity (Wildman–Crippen MR) is 106 cm³/mol. The van der Waals surface area contributed by atoms with Gasteiger partial charge in [-0.05, 0) is 48.8 Å². The summed E-state index contributed by atoms with van der Waals surface area (Å²) >= 11 is 5.29. The zero-order valence-corrected chi connectivity index (χ0v) is 16.2. The first-order valence-corrected chi connectivity index (χ1v) is 9.77. The Morgan fingerprint density at radius 2 is 1.80 bits per heavy atom.